The largest absolute Gasteiger partial charge is 0.492 e. The Hall–Kier alpha value is -1.22. The molecular formula is C19H34N2O. The maximum absolute atomic E-state index is 6.08. The van der Waals surface area contributed by atoms with E-state index in [-0.39, 0.29) is 0 Å². The molecule has 0 fully saturated rings. The summed E-state index contributed by atoms with van der Waals surface area (Å²) in [5.74, 6) is 0.799. The van der Waals surface area contributed by atoms with Gasteiger partial charge in [0.25, 0.3) is 0 Å². The molecule has 0 saturated heterocycles. The Morgan fingerprint density at radius 3 is 2.23 bits per heavy atom. The second kappa shape index (κ2) is 10.5. The van der Waals surface area contributed by atoms with Crippen LogP contribution in [-0.4, -0.2) is 30.6 Å². The summed E-state index contributed by atoms with van der Waals surface area (Å²) in [5.41, 5.74) is 8.13. The second-order valence-corrected chi connectivity index (χ2v) is 6.10. The molecule has 0 radical (unpaired) electrons. The molecule has 0 aromatic heterocycles. The van der Waals surface area contributed by atoms with E-state index in [0.29, 0.717) is 12.6 Å². The van der Waals surface area contributed by atoms with Gasteiger partial charge in [-0.1, -0.05) is 32.8 Å². The lowest BCUT2D eigenvalue weighted by molar-refractivity contribution is 0.201. The Morgan fingerprint density at radius 1 is 1.09 bits per heavy atom. The average molecular weight is 306 g/mol. The number of benzene rings is 1. The van der Waals surface area contributed by atoms with Gasteiger partial charge >= 0.3 is 0 Å². The number of anilines is 1. The zero-order valence-corrected chi connectivity index (χ0v) is 14.9. The van der Waals surface area contributed by atoms with Crippen LogP contribution < -0.4 is 10.5 Å². The van der Waals surface area contributed by atoms with E-state index >= 15 is 0 Å². The molecule has 1 unspecified atom stereocenters. The highest BCUT2D eigenvalue weighted by molar-refractivity contribution is 5.54. The van der Waals surface area contributed by atoms with Crippen molar-refractivity contribution in [3.8, 4) is 5.75 Å². The van der Waals surface area contributed by atoms with Crippen molar-refractivity contribution in [2.24, 2.45) is 0 Å². The number of unbranched alkanes of at least 4 members (excludes halogenated alkanes) is 2. The lowest BCUT2D eigenvalue weighted by Gasteiger charge is -2.29. The molecular weight excluding hydrogens is 272 g/mol. The second-order valence-electron chi connectivity index (χ2n) is 6.10. The number of rotatable bonds is 11. The van der Waals surface area contributed by atoms with E-state index < -0.39 is 0 Å². The number of hydrogen-bond donors (Lipinski definition) is 1. The molecule has 3 heteroatoms. The van der Waals surface area contributed by atoms with Crippen LogP contribution in [0.2, 0.25) is 0 Å². The molecule has 0 amide bonds. The zero-order valence-electron chi connectivity index (χ0n) is 14.9. The minimum Gasteiger partial charge on any atom is -0.492 e. The quantitative estimate of drug-likeness (QED) is 0.612. The van der Waals surface area contributed by atoms with Crippen LogP contribution in [0.5, 0.6) is 5.75 Å². The summed E-state index contributed by atoms with van der Waals surface area (Å²) in [6, 6.07) is 6.77. The lowest BCUT2D eigenvalue weighted by Crippen LogP contribution is -2.36. The molecule has 126 valence electrons. The normalized spacial score (nSPS) is 12.6. The predicted molar refractivity (Wildman–Crippen MR) is 96.6 cm³/mol. The van der Waals surface area contributed by atoms with Crippen molar-refractivity contribution in [3.05, 3.63) is 23.8 Å². The van der Waals surface area contributed by atoms with Crippen molar-refractivity contribution in [1.29, 1.82) is 0 Å². The van der Waals surface area contributed by atoms with E-state index in [2.05, 4.69) is 37.8 Å². The van der Waals surface area contributed by atoms with E-state index in [9.17, 15) is 0 Å². The Bertz CT molecular complexity index is 412. The molecule has 3 nitrogen and oxygen atoms in total. The standard InChI is InChI=1S/C19H34N2O/c1-5-8-12-21(13-9-6-2)16(4)14-17-10-11-19(22-7-3)18(20)15-17/h10-11,15-16H,5-9,12-14,20H2,1-4H3. The fourth-order valence-electron chi connectivity index (χ4n) is 2.76. The van der Waals surface area contributed by atoms with E-state index in [1.807, 2.05) is 13.0 Å². The summed E-state index contributed by atoms with van der Waals surface area (Å²) in [6.07, 6.45) is 6.11. The van der Waals surface area contributed by atoms with Gasteiger partial charge in [-0.15, -0.1) is 0 Å². The summed E-state index contributed by atoms with van der Waals surface area (Å²) in [5, 5.41) is 0. The highest BCUT2D eigenvalue weighted by Gasteiger charge is 2.14. The molecule has 0 aliphatic heterocycles. The highest BCUT2D eigenvalue weighted by atomic mass is 16.5. The van der Waals surface area contributed by atoms with E-state index in [1.54, 1.807) is 0 Å². The van der Waals surface area contributed by atoms with Crippen molar-refractivity contribution < 1.29 is 4.74 Å². The summed E-state index contributed by atoms with van der Waals surface area (Å²) < 4.78 is 5.51. The topological polar surface area (TPSA) is 38.5 Å². The smallest absolute Gasteiger partial charge is 0.142 e. The molecule has 1 rings (SSSR count). The first-order valence-corrected chi connectivity index (χ1v) is 8.87. The Balaban J connectivity index is 2.66. The van der Waals surface area contributed by atoms with E-state index in [0.717, 1.165) is 17.9 Å². The van der Waals surface area contributed by atoms with Crippen LogP contribution in [0.1, 0.15) is 58.9 Å². The molecule has 1 aromatic carbocycles. The molecule has 0 saturated carbocycles. The van der Waals surface area contributed by atoms with Gasteiger partial charge in [0.15, 0.2) is 0 Å². The van der Waals surface area contributed by atoms with Crippen LogP contribution in [0, 0.1) is 0 Å². The Morgan fingerprint density at radius 2 is 1.73 bits per heavy atom. The minimum atomic E-state index is 0.551. The predicted octanol–water partition coefficient (Wildman–Crippen LogP) is 4.50. The SMILES string of the molecule is CCCCN(CCCC)C(C)Cc1ccc(OCC)c(N)c1. The summed E-state index contributed by atoms with van der Waals surface area (Å²) >= 11 is 0. The summed E-state index contributed by atoms with van der Waals surface area (Å²) in [6.45, 7) is 11.9. The van der Waals surface area contributed by atoms with Crippen LogP contribution in [0.25, 0.3) is 0 Å². The number of nitrogens with two attached hydrogens (primary N) is 1. The van der Waals surface area contributed by atoms with E-state index in [4.69, 9.17) is 10.5 Å². The molecule has 1 aromatic rings. The van der Waals surface area contributed by atoms with Gasteiger partial charge < -0.3 is 15.4 Å². The first kappa shape index (κ1) is 18.8. The van der Waals surface area contributed by atoms with Gasteiger partial charge in [-0.05, 0) is 63.9 Å². The first-order chi connectivity index (χ1) is 10.6. The molecule has 0 aliphatic rings. The monoisotopic (exact) mass is 306 g/mol. The lowest BCUT2D eigenvalue weighted by atomic mass is 10.0. The third-order valence-corrected chi connectivity index (χ3v) is 4.13. The summed E-state index contributed by atoms with van der Waals surface area (Å²) in [7, 11) is 0. The van der Waals surface area contributed by atoms with Gasteiger partial charge in [-0.3, -0.25) is 0 Å². The van der Waals surface area contributed by atoms with Crippen LogP contribution in [0.4, 0.5) is 5.69 Å². The molecule has 2 N–H and O–H groups in total. The van der Waals surface area contributed by atoms with E-state index in [1.165, 1.54) is 44.3 Å². The molecule has 22 heavy (non-hydrogen) atoms. The minimum absolute atomic E-state index is 0.551. The van der Waals surface area contributed by atoms with Crippen molar-refractivity contribution in [3.63, 3.8) is 0 Å². The van der Waals surface area contributed by atoms with Gasteiger partial charge in [0, 0.05) is 6.04 Å². The van der Waals surface area contributed by atoms with Crippen LogP contribution in [0.3, 0.4) is 0 Å². The number of nitrogen functional groups attached to an aromatic ring is 1. The molecule has 0 heterocycles. The first-order valence-electron chi connectivity index (χ1n) is 8.87. The molecule has 0 bridgehead atoms. The maximum atomic E-state index is 6.08. The maximum Gasteiger partial charge on any atom is 0.142 e. The van der Waals surface area contributed by atoms with Crippen LogP contribution in [-0.2, 0) is 6.42 Å². The highest BCUT2D eigenvalue weighted by Crippen LogP contribution is 2.23. The Kier molecular flexibility index (Phi) is 8.98. The van der Waals surface area contributed by atoms with Crippen molar-refractivity contribution >= 4 is 5.69 Å². The fraction of sp³-hybridized carbons (Fsp3) is 0.684. The summed E-state index contributed by atoms with van der Waals surface area (Å²) in [4.78, 5) is 2.62. The average Bonchev–Trinajstić information content (AvgIpc) is 2.50. The van der Waals surface area contributed by atoms with Crippen molar-refractivity contribution in [1.82, 2.24) is 4.90 Å². The van der Waals surface area contributed by atoms with Gasteiger partial charge in [0.05, 0.1) is 12.3 Å². The molecule has 0 aliphatic carbocycles. The van der Waals surface area contributed by atoms with Crippen LogP contribution in [0.15, 0.2) is 18.2 Å². The number of ether oxygens (including phenoxy) is 1. The van der Waals surface area contributed by atoms with Gasteiger partial charge in [-0.25, -0.2) is 0 Å². The zero-order chi connectivity index (χ0) is 16.4. The number of hydrogen-bond acceptors (Lipinski definition) is 3. The van der Waals surface area contributed by atoms with Gasteiger partial charge in [0.1, 0.15) is 5.75 Å². The molecule has 1 atom stereocenters. The van der Waals surface area contributed by atoms with Gasteiger partial charge in [0.2, 0.25) is 0 Å². The number of nitrogens with zero attached hydrogens (tertiary/aromatic N) is 1. The third-order valence-electron chi connectivity index (χ3n) is 4.13. The van der Waals surface area contributed by atoms with Crippen LogP contribution >= 0.6 is 0 Å². The van der Waals surface area contributed by atoms with Gasteiger partial charge in [-0.2, -0.15) is 0 Å². The van der Waals surface area contributed by atoms with Crippen molar-refractivity contribution in [2.75, 3.05) is 25.4 Å². The third kappa shape index (κ3) is 6.27. The Labute approximate surface area is 136 Å². The van der Waals surface area contributed by atoms with Crippen molar-refractivity contribution in [2.45, 2.75) is 65.8 Å². The molecule has 0 spiro atoms. The fourth-order valence-corrected chi connectivity index (χ4v) is 2.76.